The van der Waals surface area contributed by atoms with E-state index >= 15 is 0 Å². The number of thiazole rings is 1. The van der Waals surface area contributed by atoms with E-state index < -0.39 is 0 Å². The third-order valence-corrected chi connectivity index (χ3v) is 7.12. The molecule has 2 aliphatic heterocycles. The highest BCUT2D eigenvalue weighted by molar-refractivity contribution is 8.04. The van der Waals surface area contributed by atoms with Crippen molar-refractivity contribution in [1.29, 1.82) is 0 Å². The van der Waals surface area contributed by atoms with Crippen molar-refractivity contribution in [2.24, 2.45) is 5.92 Å². The minimum atomic E-state index is -0.0317. The Morgan fingerprint density at radius 2 is 2.35 bits per heavy atom. The summed E-state index contributed by atoms with van der Waals surface area (Å²) in [5, 5.41) is 9.60. The Morgan fingerprint density at radius 3 is 3.13 bits per heavy atom. The largest absolute Gasteiger partial charge is 0.321 e. The lowest BCUT2D eigenvalue weighted by Crippen LogP contribution is -2.37. The van der Waals surface area contributed by atoms with Gasteiger partial charge >= 0.3 is 0 Å². The second-order valence-electron chi connectivity index (χ2n) is 5.79. The van der Waals surface area contributed by atoms with Crippen molar-refractivity contribution in [2.45, 2.75) is 18.6 Å². The molecule has 0 saturated carbocycles. The van der Waals surface area contributed by atoms with Gasteiger partial charge in [-0.05, 0) is 25.1 Å². The third kappa shape index (κ3) is 2.78. The fraction of sp³-hybridized carbons (Fsp3) is 0.375. The van der Waals surface area contributed by atoms with Crippen LogP contribution in [0, 0.1) is 5.92 Å². The summed E-state index contributed by atoms with van der Waals surface area (Å²) < 4.78 is 1.02. The number of carbonyl (C=O) groups excluding carboxylic acids is 1. The number of rotatable bonds is 2. The number of nitrogens with zero attached hydrogens (tertiary/aromatic N) is 1. The van der Waals surface area contributed by atoms with Crippen molar-refractivity contribution in [3.05, 3.63) is 33.3 Å². The van der Waals surface area contributed by atoms with Crippen LogP contribution in [0.4, 0.5) is 0 Å². The molecule has 7 heteroatoms. The zero-order valence-electron chi connectivity index (χ0n) is 12.6. The van der Waals surface area contributed by atoms with E-state index in [1.165, 1.54) is 5.57 Å². The first kappa shape index (κ1) is 15.4. The maximum absolute atomic E-state index is 11.6. The summed E-state index contributed by atoms with van der Waals surface area (Å²) in [5.41, 5.74) is 2.11. The molecule has 3 heterocycles. The van der Waals surface area contributed by atoms with E-state index in [-0.39, 0.29) is 5.91 Å². The van der Waals surface area contributed by atoms with Crippen molar-refractivity contribution in [3.63, 3.8) is 0 Å². The van der Waals surface area contributed by atoms with Gasteiger partial charge in [-0.1, -0.05) is 17.7 Å². The lowest BCUT2D eigenvalue weighted by atomic mass is 9.90. The molecule has 120 valence electrons. The number of benzene rings is 1. The molecule has 1 fully saturated rings. The number of amides is 1. The van der Waals surface area contributed by atoms with Gasteiger partial charge in [0.1, 0.15) is 5.01 Å². The number of halogens is 1. The number of hydrogen-bond acceptors (Lipinski definition) is 5. The van der Waals surface area contributed by atoms with Crippen molar-refractivity contribution < 1.29 is 4.79 Å². The Hall–Kier alpha value is -1.08. The van der Waals surface area contributed by atoms with Crippen LogP contribution in [-0.2, 0) is 4.79 Å². The molecule has 4 rings (SSSR count). The second kappa shape index (κ2) is 6.09. The monoisotopic (exact) mass is 365 g/mol. The van der Waals surface area contributed by atoms with Crippen LogP contribution in [0.3, 0.4) is 0 Å². The zero-order valence-corrected chi connectivity index (χ0v) is 14.9. The molecule has 0 aliphatic carbocycles. The number of thioether (sulfide) groups is 1. The second-order valence-corrected chi connectivity index (χ2v) is 8.44. The molecule has 2 aliphatic rings. The number of allylic oxidation sites excluding steroid dienone is 1. The number of nitrogens with one attached hydrogen (secondary N) is 2. The Balaban J connectivity index is 1.83. The molecular formula is C16H16ClN3OS2. The van der Waals surface area contributed by atoms with E-state index in [2.05, 4.69) is 10.6 Å². The zero-order chi connectivity index (χ0) is 16.0. The molecule has 4 nitrogen and oxygen atoms in total. The lowest BCUT2D eigenvalue weighted by molar-refractivity contribution is -0.118. The Labute approximate surface area is 147 Å². The first-order valence-corrected chi connectivity index (χ1v) is 9.65. The molecule has 0 spiro atoms. The van der Waals surface area contributed by atoms with E-state index in [0.29, 0.717) is 11.2 Å². The van der Waals surface area contributed by atoms with E-state index in [1.807, 2.05) is 18.2 Å². The molecule has 2 aromatic rings. The average molecular weight is 366 g/mol. The highest BCUT2D eigenvalue weighted by atomic mass is 35.5. The Kier molecular flexibility index (Phi) is 4.09. The SMILES string of the molecule is CC(=O)NC1=C(c2nc3cccc(Cl)c3s2)C2CCNCC2S1. The first-order valence-electron chi connectivity index (χ1n) is 7.58. The van der Waals surface area contributed by atoms with Crippen molar-refractivity contribution >= 4 is 56.4 Å². The van der Waals surface area contributed by atoms with Gasteiger partial charge in [0.2, 0.25) is 5.91 Å². The molecule has 2 N–H and O–H groups in total. The van der Waals surface area contributed by atoms with Crippen LogP contribution in [0.1, 0.15) is 18.4 Å². The summed E-state index contributed by atoms with van der Waals surface area (Å²) in [6, 6.07) is 5.81. The van der Waals surface area contributed by atoms with Crippen LogP contribution >= 0.6 is 34.7 Å². The third-order valence-electron chi connectivity index (χ3n) is 4.20. The highest BCUT2D eigenvalue weighted by Crippen LogP contribution is 2.49. The van der Waals surface area contributed by atoms with Crippen LogP contribution < -0.4 is 10.6 Å². The summed E-state index contributed by atoms with van der Waals surface area (Å²) in [6.45, 7) is 3.53. The van der Waals surface area contributed by atoms with Gasteiger partial charge in [-0.15, -0.1) is 23.1 Å². The molecule has 2 atom stereocenters. The normalized spacial score (nSPS) is 24.1. The first-order chi connectivity index (χ1) is 11.1. The van der Waals surface area contributed by atoms with Crippen LogP contribution in [0.25, 0.3) is 15.8 Å². The van der Waals surface area contributed by atoms with E-state index in [4.69, 9.17) is 16.6 Å². The molecule has 23 heavy (non-hydrogen) atoms. The number of fused-ring (bicyclic) bond motifs is 2. The smallest absolute Gasteiger partial charge is 0.221 e. The average Bonchev–Trinajstić information content (AvgIpc) is 3.07. The molecule has 2 unspecified atom stereocenters. The predicted molar refractivity (Wildman–Crippen MR) is 97.7 cm³/mol. The Morgan fingerprint density at radius 1 is 1.48 bits per heavy atom. The number of hydrogen-bond donors (Lipinski definition) is 2. The molecule has 0 radical (unpaired) electrons. The van der Waals surface area contributed by atoms with Gasteiger partial charge in [0, 0.05) is 30.2 Å². The van der Waals surface area contributed by atoms with Gasteiger partial charge < -0.3 is 10.6 Å². The van der Waals surface area contributed by atoms with E-state index in [0.717, 1.165) is 44.8 Å². The van der Waals surface area contributed by atoms with Crippen LogP contribution in [0.15, 0.2) is 23.2 Å². The Bertz CT molecular complexity index is 817. The molecular weight excluding hydrogens is 350 g/mol. The quantitative estimate of drug-likeness (QED) is 0.855. The molecule has 1 aromatic carbocycles. The lowest BCUT2D eigenvalue weighted by Gasteiger charge is -2.26. The standard InChI is InChI=1S/C16H16ClN3OS2/c1-8(21)19-15-13(9-5-6-18-7-12(9)22-15)16-20-11-4-2-3-10(17)14(11)23-16/h2-4,9,12,18H,5-7H2,1H3,(H,19,21). The maximum atomic E-state index is 11.6. The van der Waals surface area contributed by atoms with Crippen LogP contribution in [0.2, 0.25) is 5.02 Å². The molecule has 1 aromatic heterocycles. The fourth-order valence-corrected chi connectivity index (χ4v) is 6.16. The van der Waals surface area contributed by atoms with Gasteiger partial charge in [0.25, 0.3) is 0 Å². The fourth-order valence-electron chi connectivity index (χ4n) is 3.21. The summed E-state index contributed by atoms with van der Waals surface area (Å²) in [5.74, 6) is 0.401. The van der Waals surface area contributed by atoms with Gasteiger partial charge in [0.05, 0.1) is 20.3 Å². The summed E-state index contributed by atoms with van der Waals surface area (Å²) in [6.07, 6.45) is 1.07. The van der Waals surface area contributed by atoms with Gasteiger partial charge in [-0.25, -0.2) is 4.98 Å². The number of aromatic nitrogens is 1. The minimum absolute atomic E-state index is 0.0317. The van der Waals surface area contributed by atoms with Crippen LogP contribution in [0.5, 0.6) is 0 Å². The number of piperidine rings is 1. The van der Waals surface area contributed by atoms with Gasteiger partial charge in [0.15, 0.2) is 0 Å². The summed E-state index contributed by atoms with van der Waals surface area (Å²) in [4.78, 5) is 16.4. The maximum Gasteiger partial charge on any atom is 0.221 e. The van der Waals surface area contributed by atoms with Crippen LogP contribution in [-0.4, -0.2) is 29.2 Å². The molecule has 1 saturated heterocycles. The highest BCUT2D eigenvalue weighted by Gasteiger charge is 2.39. The summed E-state index contributed by atoms with van der Waals surface area (Å²) >= 11 is 9.69. The van der Waals surface area contributed by atoms with E-state index in [9.17, 15) is 4.79 Å². The van der Waals surface area contributed by atoms with Crippen molar-refractivity contribution in [2.75, 3.05) is 13.1 Å². The van der Waals surface area contributed by atoms with Gasteiger partial charge in [-0.3, -0.25) is 4.79 Å². The van der Waals surface area contributed by atoms with Gasteiger partial charge in [-0.2, -0.15) is 0 Å². The predicted octanol–water partition coefficient (Wildman–Crippen LogP) is 3.48. The summed E-state index contributed by atoms with van der Waals surface area (Å²) in [7, 11) is 0. The minimum Gasteiger partial charge on any atom is -0.321 e. The van der Waals surface area contributed by atoms with Crippen molar-refractivity contribution in [3.8, 4) is 0 Å². The van der Waals surface area contributed by atoms with E-state index in [1.54, 1.807) is 30.0 Å². The van der Waals surface area contributed by atoms with Crippen molar-refractivity contribution in [1.82, 2.24) is 15.6 Å². The number of carbonyl (C=O) groups is 1. The topological polar surface area (TPSA) is 54.0 Å². The molecule has 1 amide bonds. The molecule has 0 bridgehead atoms.